The van der Waals surface area contributed by atoms with Gasteiger partial charge in [-0.2, -0.15) is 0 Å². The highest BCUT2D eigenvalue weighted by Crippen LogP contribution is 2.50. The zero-order valence-electron chi connectivity index (χ0n) is 5.22. The minimum Gasteiger partial charge on any atom is -0.431 e. The number of H-pyrrole nitrogens is 1. The fraction of sp³-hybridized carbons (Fsp3) is 0. The molecule has 2 heteroatoms. The molecule has 0 radical (unpaired) electrons. The maximum absolute atomic E-state index is 5.10. The fourth-order valence-electron chi connectivity index (χ4n) is 1.25. The third kappa shape index (κ3) is 0.365. The molecule has 2 aromatic rings. The predicted octanol–water partition coefficient (Wildman–Crippen LogP) is 2.27. The standard InChI is InChI=1S/C8H5NO/c1-2-4-6-5(3-1)7-8(9-6)10-7/h1-4,9H. The van der Waals surface area contributed by atoms with Gasteiger partial charge in [0, 0.05) is 5.39 Å². The zero-order valence-corrected chi connectivity index (χ0v) is 5.22. The Bertz CT molecular complexity index is 403. The summed E-state index contributed by atoms with van der Waals surface area (Å²) in [4.78, 5) is 3.13. The molecule has 0 saturated carbocycles. The normalized spacial score (nSPS) is 12.8. The molecule has 1 aromatic carbocycles. The van der Waals surface area contributed by atoms with Crippen LogP contribution in [-0.2, 0) is 0 Å². The van der Waals surface area contributed by atoms with Crippen molar-refractivity contribution in [3.63, 3.8) is 0 Å². The second kappa shape index (κ2) is 1.19. The van der Waals surface area contributed by atoms with Gasteiger partial charge in [0.1, 0.15) is 0 Å². The van der Waals surface area contributed by atoms with Gasteiger partial charge in [0.05, 0.1) is 5.52 Å². The van der Waals surface area contributed by atoms with Crippen LogP contribution in [0, 0.1) is 0 Å². The van der Waals surface area contributed by atoms with Gasteiger partial charge in [-0.15, -0.1) is 0 Å². The van der Waals surface area contributed by atoms with Gasteiger partial charge in [-0.25, -0.2) is 0 Å². The van der Waals surface area contributed by atoms with Crippen LogP contribution < -0.4 is 4.74 Å². The van der Waals surface area contributed by atoms with Crippen molar-refractivity contribution in [2.45, 2.75) is 0 Å². The SMILES string of the molecule is c1ccc2c3c([nH]c2c1)O3. The first kappa shape index (κ1) is 4.39. The Morgan fingerprint density at radius 1 is 1.20 bits per heavy atom. The third-order valence-corrected chi connectivity index (χ3v) is 1.79. The topological polar surface area (TPSA) is 28.3 Å². The van der Waals surface area contributed by atoms with Crippen molar-refractivity contribution >= 4 is 10.9 Å². The highest BCUT2D eigenvalue weighted by atomic mass is 16.6. The summed E-state index contributed by atoms with van der Waals surface area (Å²) in [5, 5.41) is 1.19. The van der Waals surface area contributed by atoms with E-state index in [2.05, 4.69) is 11.1 Å². The van der Waals surface area contributed by atoms with Gasteiger partial charge in [0.25, 0.3) is 0 Å². The largest absolute Gasteiger partial charge is 0.431 e. The molecule has 48 valence electrons. The number of para-hydroxylation sites is 1. The average Bonchev–Trinajstić information content (AvgIpc) is 2.64. The minimum absolute atomic E-state index is 0.932. The lowest BCUT2D eigenvalue weighted by Gasteiger charge is -1.87. The summed E-state index contributed by atoms with van der Waals surface area (Å²) >= 11 is 0. The lowest BCUT2D eigenvalue weighted by molar-refractivity contribution is 0.634. The van der Waals surface area contributed by atoms with Crippen molar-refractivity contribution in [3.8, 4) is 11.6 Å². The quantitative estimate of drug-likeness (QED) is 0.466. The molecule has 2 heterocycles. The first-order valence-corrected chi connectivity index (χ1v) is 3.24. The van der Waals surface area contributed by atoms with Crippen molar-refractivity contribution < 1.29 is 4.74 Å². The lowest BCUT2D eigenvalue weighted by Crippen LogP contribution is -1.68. The first-order chi connectivity index (χ1) is 4.95. The number of aromatic amines is 1. The van der Waals surface area contributed by atoms with Crippen LogP contribution in [0.1, 0.15) is 0 Å². The van der Waals surface area contributed by atoms with Gasteiger partial charge in [-0.05, 0) is 12.1 Å². The molecule has 1 aromatic heterocycles. The zero-order chi connectivity index (χ0) is 6.55. The van der Waals surface area contributed by atoms with Crippen LogP contribution in [-0.4, -0.2) is 4.98 Å². The second-order valence-corrected chi connectivity index (χ2v) is 2.43. The molecule has 1 aliphatic heterocycles. The molecule has 1 aliphatic rings. The van der Waals surface area contributed by atoms with E-state index in [0.717, 1.165) is 11.6 Å². The number of fused-ring (bicyclic) bond motifs is 3. The van der Waals surface area contributed by atoms with Crippen LogP contribution in [0.3, 0.4) is 0 Å². The molecule has 0 amide bonds. The molecule has 0 fully saturated rings. The monoisotopic (exact) mass is 131 g/mol. The van der Waals surface area contributed by atoms with Gasteiger partial charge in [-0.1, -0.05) is 12.1 Å². The Labute approximate surface area is 57.4 Å². The van der Waals surface area contributed by atoms with Crippen LogP contribution in [0.2, 0.25) is 0 Å². The van der Waals surface area contributed by atoms with Crippen molar-refractivity contribution in [1.29, 1.82) is 0 Å². The molecule has 0 atom stereocenters. The van der Waals surface area contributed by atoms with E-state index in [1.54, 1.807) is 0 Å². The smallest absolute Gasteiger partial charge is 0.242 e. The predicted molar refractivity (Wildman–Crippen MR) is 38.4 cm³/mol. The highest BCUT2D eigenvalue weighted by Gasteiger charge is 2.26. The molecule has 0 bridgehead atoms. The fourth-order valence-corrected chi connectivity index (χ4v) is 1.25. The van der Waals surface area contributed by atoms with Gasteiger partial charge in [-0.3, -0.25) is 0 Å². The van der Waals surface area contributed by atoms with Gasteiger partial charge >= 0.3 is 0 Å². The Morgan fingerprint density at radius 2 is 2.10 bits per heavy atom. The summed E-state index contributed by atoms with van der Waals surface area (Å²) in [7, 11) is 0. The Kier molecular flexibility index (Phi) is 0.520. The number of hydrogen-bond acceptors (Lipinski definition) is 1. The number of aromatic nitrogens is 1. The molecular weight excluding hydrogens is 126 g/mol. The van der Waals surface area contributed by atoms with E-state index in [4.69, 9.17) is 4.74 Å². The third-order valence-electron chi connectivity index (χ3n) is 1.79. The number of rotatable bonds is 0. The van der Waals surface area contributed by atoms with Crippen molar-refractivity contribution in [1.82, 2.24) is 4.98 Å². The van der Waals surface area contributed by atoms with Gasteiger partial charge in [0.2, 0.25) is 5.88 Å². The van der Waals surface area contributed by atoms with Crippen LogP contribution in [0.15, 0.2) is 24.3 Å². The number of hydrogen-bond donors (Lipinski definition) is 1. The van der Waals surface area contributed by atoms with Crippen molar-refractivity contribution in [2.75, 3.05) is 0 Å². The maximum atomic E-state index is 5.10. The average molecular weight is 131 g/mol. The van der Waals surface area contributed by atoms with Crippen molar-refractivity contribution in [2.24, 2.45) is 0 Å². The number of nitrogens with one attached hydrogen (secondary N) is 1. The van der Waals surface area contributed by atoms with E-state index < -0.39 is 0 Å². The van der Waals surface area contributed by atoms with E-state index in [1.807, 2.05) is 18.2 Å². The van der Waals surface area contributed by atoms with E-state index in [0.29, 0.717) is 0 Å². The number of ether oxygens (including phenoxy) is 1. The van der Waals surface area contributed by atoms with Crippen LogP contribution in [0.5, 0.6) is 11.6 Å². The van der Waals surface area contributed by atoms with Gasteiger partial charge in [0.15, 0.2) is 5.75 Å². The first-order valence-electron chi connectivity index (χ1n) is 3.24. The molecule has 2 nitrogen and oxygen atoms in total. The van der Waals surface area contributed by atoms with Crippen molar-refractivity contribution in [3.05, 3.63) is 24.3 Å². The number of benzene rings is 1. The molecule has 10 heavy (non-hydrogen) atoms. The maximum Gasteiger partial charge on any atom is 0.242 e. The minimum atomic E-state index is 0.932. The Hall–Kier alpha value is -1.44. The highest BCUT2D eigenvalue weighted by molar-refractivity contribution is 5.93. The molecule has 1 N–H and O–H groups in total. The molecule has 0 spiro atoms. The van der Waals surface area contributed by atoms with E-state index >= 15 is 0 Å². The Balaban J connectivity index is 2.60. The summed E-state index contributed by atoms with van der Waals surface area (Å²) in [5.41, 5.74) is 1.17. The summed E-state index contributed by atoms with van der Waals surface area (Å²) in [5.74, 6) is 1.96. The molecule has 3 rings (SSSR count). The summed E-state index contributed by atoms with van der Waals surface area (Å²) in [6, 6.07) is 8.12. The molecular formula is C8H5NO. The van der Waals surface area contributed by atoms with Crippen LogP contribution in [0.25, 0.3) is 10.9 Å². The van der Waals surface area contributed by atoms with Crippen LogP contribution >= 0.6 is 0 Å². The van der Waals surface area contributed by atoms with E-state index in [9.17, 15) is 0 Å². The lowest BCUT2D eigenvalue weighted by atomic mass is 10.2. The van der Waals surface area contributed by atoms with Gasteiger partial charge < -0.3 is 9.72 Å². The molecule has 0 aliphatic carbocycles. The second-order valence-electron chi connectivity index (χ2n) is 2.43. The summed E-state index contributed by atoms with van der Waals surface area (Å²) < 4.78 is 5.10. The molecule has 0 saturated heterocycles. The van der Waals surface area contributed by atoms with E-state index in [-0.39, 0.29) is 0 Å². The summed E-state index contributed by atoms with van der Waals surface area (Å²) in [6.07, 6.45) is 0. The molecule has 0 unspecified atom stereocenters. The summed E-state index contributed by atoms with van der Waals surface area (Å²) in [6.45, 7) is 0. The Morgan fingerprint density at radius 3 is 3.00 bits per heavy atom. The van der Waals surface area contributed by atoms with E-state index in [1.165, 1.54) is 10.9 Å². The van der Waals surface area contributed by atoms with Crippen LogP contribution in [0.4, 0.5) is 0 Å².